The fourth-order valence-electron chi connectivity index (χ4n) is 2.67. The van der Waals surface area contributed by atoms with E-state index in [0.717, 1.165) is 12.3 Å². The van der Waals surface area contributed by atoms with Gasteiger partial charge in [-0.1, -0.05) is 37.8 Å². The van der Waals surface area contributed by atoms with Crippen molar-refractivity contribution in [3.8, 4) is 0 Å². The summed E-state index contributed by atoms with van der Waals surface area (Å²) in [6.07, 6.45) is 4.20. The minimum Gasteiger partial charge on any atom is -0.393 e. The highest BCUT2D eigenvalue weighted by Gasteiger charge is 2.36. The summed E-state index contributed by atoms with van der Waals surface area (Å²) in [7, 11) is 0. The Labute approximate surface area is 161 Å². The van der Waals surface area contributed by atoms with Gasteiger partial charge in [-0.15, -0.1) is 0 Å². The van der Waals surface area contributed by atoms with Gasteiger partial charge in [0.1, 0.15) is 11.5 Å². The fourth-order valence-corrected chi connectivity index (χ4v) is 2.67. The molecule has 0 saturated heterocycles. The number of alkyl halides is 3. The maximum atomic E-state index is 13.6. The second-order valence-corrected chi connectivity index (χ2v) is 6.41. The van der Waals surface area contributed by atoms with Crippen LogP contribution in [0.15, 0.2) is 54.2 Å². The van der Waals surface area contributed by atoms with Gasteiger partial charge in [0, 0.05) is 11.8 Å². The number of pyridine rings is 1. The van der Waals surface area contributed by atoms with Crippen LogP contribution in [0, 0.1) is 5.41 Å². The van der Waals surface area contributed by atoms with Gasteiger partial charge in [-0.2, -0.15) is 13.2 Å². The molecular formula is C20H23F3N4O. The van der Waals surface area contributed by atoms with Gasteiger partial charge in [-0.3, -0.25) is 0 Å². The van der Waals surface area contributed by atoms with E-state index in [1.807, 2.05) is 6.08 Å². The topological polar surface area (TPSA) is 95.0 Å². The van der Waals surface area contributed by atoms with E-state index >= 15 is 0 Å². The van der Waals surface area contributed by atoms with Crippen molar-refractivity contribution < 1.29 is 18.3 Å². The summed E-state index contributed by atoms with van der Waals surface area (Å²) in [5.74, 6) is 0.0905. The van der Waals surface area contributed by atoms with Crippen molar-refractivity contribution in [3.63, 3.8) is 0 Å². The number of rotatable bonds is 7. The smallest absolute Gasteiger partial charge is 0.393 e. The molecule has 150 valence electrons. The molecule has 0 amide bonds. The molecule has 5 nitrogen and oxygen atoms in total. The molecule has 0 spiro atoms. The number of hydrogen-bond acceptors (Lipinski definition) is 5. The number of aromatic nitrogens is 1. The molecule has 0 aliphatic heterocycles. The van der Waals surface area contributed by atoms with Crippen LogP contribution in [-0.4, -0.2) is 28.6 Å². The van der Waals surface area contributed by atoms with Crippen molar-refractivity contribution in [2.75, 3.05) is 11.9 Å². The third-order valence-electron chi connectivity index (χ3n) is 4.44. The third-order valence-corrected chi connectivity index (χ3v) is 4.44. The average Bonchev–Trinajstić information content (AvgIpc) is 2.91. The number of halogens is 3. The zero-order valence-corrected chi connectivity index (χ0v) is 15.5. The molecule has 2 rings (SSSR count). The Kier molecular flexibility index (Phi) is 6.58. The first-order valence-electron chi connectivity index (χ1n) is 8.69. The van der Waals surface area contributed by atoms with Crippen LogP contribution < -0.4 is 11.1 Å². The molecule has 1 aromatic rings. The molecule has 8 heteroatoms. The minimum absolute atomic E-state index is 0.0420. The van der Waals surface area contributed by atoms with Crippen molar-refractivity contribution >= 4 is 17.6 Å². The molecule has 28 heavy (non-hydrogen) atoms. The molecule has 0 radical (unpaired) electrons. The van der Waals surface area contributed by atoms with Crippen molar-refractivity contribution in [3.05, 3.63) is 65.4 Å². The summed E-state index contributed by atoms with van der Waals surface area (Å²) in [5, 5.41) is 19.8. The Balaban J connectivity index is 2.57. The summed E-state index contributed by atoms with van der Waals surface area (Å²) in [5.41, 5.74) is 4.36. The Morgan fingerprint density at radius 1 is 1.43 bits per heavy atom. The first-order chi connectivity index (χ1) is 13.1. The molecular weight excluding hydrogens is 369 g/mol. The van der Waals surface area contributed by atoms with E-state index in [9.17, 15) is 18.3 Å². The quantitative estimate of drug-likeness (QED) is 0.416. The van der Waals surface area contributed by atoms with Crippen LogP contribution in [-0.2, 0) is 6.18 Å². The zero-order chi connectivity index (χ0) is 20.9. The van der Waals surface area contributed by atoms with Crippen molar-refractivity contribution in [1.29, 1.82) is 5.41 Å². The Morgan fingerprint density at radius 3 is 2.71 bits per heavy atom. The van der Waals surface area contributed by atoms with E-state index in [2.05, 4.69) is 16.9 Å². The molecule has 5 N–H and O–H groups in total. The Bertz CT molecular complexity index is 849. The summed E-state index contributed by atoms with van der Waals surface area (Å²) in [6.45, 7) is 5.14. The van der Waals surface area contributed by atoms with Gasteiger partial charge >= 0.3 is 6.18 Å². The molecule has 0 fully saturated rings. The average molecular weight is 392 g/mol. The number of aliphatic hydroxyl groups excluding tert-OH is 1. The lowest BCUT2D eigenvalue weighted by atomic mass is 9.94. The predicted octanol–water partition coefficient (Wildman–Crippen LogP) is 4.05. The lowest BCUT2D eigenvalue weighted by molar-refractivity contribution is -0.138. The van der Waals surface area contributed by atoms with Crippen LogP contribution in [0.1, 0.15) is 31.0 Å². The van der Waals surface area contributed by atoms with E-state index in [0.29, 0.717) is 24.0 Å². The molecule has 1 heterocycles. The number of allylic oxidation sites excluding steroid dienone is 7. The highest BCUT2D eigenvalue weighted by Crippen LogP contribution is 2.38. The molecule has 1 aliphatic carbocycles. The van der Waals surface area contributed by atoms with Crippen LogP contribution in [0.2, 0.25) is 0 Å². The van der Waals surface area contributed by atoms with Gasteiger partial charge in [-0.05, 0) is 36.1 Å². The van der Waals surface area contributed by atoms with Gasteiger partial charge in [-0.25, -0.2) is 4.98 Å². The number of nitrogens with one attached hydrogen (secondary N) is 2. The standard InChI is InChI=1S/C20H23F3N4O/c1-3-19(25,12-28)27-17-10-9-16(20(21,22)23)18(26-17)13(2)15-8-6-4-5-7-14(15)11-24/h4,6-11,24,28H,2-3,5,12,25H2,1H3,(H,26,27). The van der Waals surface area contributed by atoms with Crippen LogP contribution in [0.5, 0.6) is 0 Å². The number of aliphatic hydroxyl groups is 1. The van der Waals surface area contributed by atoms with E-state index in [4.69, 9.17) is 11.1 Å². The van der Waals surface area contributed by atoms with Gasteiger partial charge < -0.3 is 21.6 Å². The summed E-state index contributed by atoms with van der Waals surface area (Å²) >= 11 is 0. The lowest BCUT2D eigenvalue weighted by Crippen LogP contribution is -2.50. The van der Waals surface area contributed by atoms with E-state index < -0.39 is 24.0 Å². The van der Waals surface area contributed by atoms with Crippen LogP contribution in [0.25, 0.3) is 5.57 Å². The number of anilines is 1. The van der Waals surface area contributed by atoms with Crippen LogP contribution in [0.4, 0.5) is 19.0 Å². The molecule has 1 unspecified atom stereocenters. The molecule has 1 atom stereocenters. The first kappa shape index (κ1) is 21.6. The van der Waals surface area contributed by atoms with Gasteiger partial charge in [0.15, 0.2) is 0 Å². The van der Waals surface area contributed by atoms with E-state index in [1.165, 1.54) is 6.07 Å². The van der Waals surface area contributed by atoms with Crippen molar-refractivity contribution in [2.24, 2.45) is 5.73 Å². The molecule has 0 bridgehead atoms. The first-order valence-corrected chi connectivity index (χ1v) is 8.69. The van der Waals surface area contributed by atoms with Gasteiger partial charge in [0.05, 0.1) is 17.9 Å². The van der Waals surface area contributed by atoms with Gasteiger partial charge in [0.25, 0.3) is 0 Å². The number of nitrogens with zero attached hydrogens (tertiary/aromatic N) is 1. The molecule has 1 aromatic heterocycles. The highest BCUT2D eigenvalue weighted by molar-refractivity contribution is 5.95. The van der Waals surface area contributed by atoms with Crippen LogP contribution >= 0.6 is 0 Å². The lowest BCUT2D eigenvalue weighted by Gasteiger charge is -2.28. The number of hydrogen-bond donors (Lipinski definition) is 4. The normalized spacial score (nSPS) is 16.5. The van der Waals surface area contributed by atoms with Gasteiger partial charge in [0.2, 0.25) is 0 Å². The van der Waals surface area contributed by atoms with E-state index in [-0.39, 0.29) is 17.1 Å². The summed E-state index contributed by atoms with van der Waals surface area (Å²) in [6, 6.07) is 2.07. The van der Waals surface area contributed by atoms with Crippen molar-refractivity contribution in [1.82, 2.24) is 4.98 Å². The highest BCUT2D eigenvalue weighted by atomic mass is 19.4. The third kappa shape index (κ3) is 4.76. The van der Waals surface area contributed by atoms with E-state index in [1.54, 1.807) is 25.2 Å². The molecule has 0 saturated carbocycles. The molecule has 0 aromatic carbocycles. The monoisotopic (exact) mass is 392 g/mol. The largest absolute Gasteiger partial charge is 0.418 e. The SMILES string of the molecule is C=C(C1=CC=CCC=C1C=N)c1nc(NC(N)(CC)CO)ccc1C(F)(F)F. The zero-order valence-electron chi connectivity index (χ0n) is 15.5. The Hall–Kier alpha value is -2.71. The van der Waals surface area contributed by atoms with Crippen molar-refractivity contribution in [2.45, 2.75) is 31.6 Å². The maximum absolute atomic E-state index is 13.6. The Morgan fingerprint density at radius 2 is 2.14 bits per heavy atom. The second-order valence-electron chi connectivity index (χ2n) is 6.41. The minimum atomic E-state index is -4.64. The maximum Gasteiger partial charge on any atom is 0.418 e. The summed E-state index contributed by atoms with van der Waals surface area (Å²) in [4.78, 5) is 4.11. The number of nitrogens with two attached hydrogens (primary N) is 1. The van der Waals surface area contributed by atoms with Crippen LogP contribution in [0.3, 0.4) is 0 Å². The predicted molar refractivity (Wildman–Crippen MR) is 105 cm³/mol. The summed E-state index contributed by atoms with van der Waals surface area (Å²) < 4.78 is 40.7. The fraction of sp³-hybridized carbons (Fsp3) is 0.300. The second kappa shape index (κ2) is 8.53. The molecule has 1 aliphatic rings.